The second-order valence-electron chi connectivity index (χ2n) is 5.84. The van der Waals surface area contributed by atoms with Crippen LogP contribution in [0.2, 0.25) is 0 Å². The van der Waals surface area contributed by atoms with Crippen LogP contribution in [-0.2, 0) is 11.2 Å². The normalized spacial score (nSPS) is 12.8. The van der Waals surface area contributed by atoms with Crippen LogP contribution in [0, 0.1) is 0 Å². The lowest BCUT2D eigenvalue weighted by Gasteiger charge is -2.25. The maximum atomic E-state index is 12.3. The third kappa shape index (κ3) is 3.63. The molecule has 0 bridgehead atoms. The zero-order valence-corrected chi connectivity index (χ0v) is 15.7. The average Bonchev–Trinajstić information content (AvgIpc) is 2.67. The molecule has 0 aromatic heterocycles. The van der Waals surface area contributed by atoms with Crippen LogP contribution in [0.15, 0.2) is 48.0 Å². The van der Waals surface area contributed by atoms with Crippen molar-refractivity contribution in [3.8, 4) is 5.75 Å². The van der Waals surface area contributed by atoms with Gasteiger partial charge in [0.1, 0.15) is 5.75 Å². The number of anilines is 1. The molecule has 1 N–H and O–H groups in total. The summed E-state index contributed by atoms with van der Waals surface area (Å²) in [6.07, 6.45) is 0.668. The van der Waals surface area contributed by atoms with Gasteiger partial charge >= 0.3 is 5.97 Å². The lowest BCUT2D eigenvalue weighted by atomic mass is 9.93. The molecule has 0 spiro atoms. The molecule has 2 aromatic carbocycles. The maximum absolute atomic E-state index is 12.3. The molecular formula is C21H21NO3S. The first kappa shape index (κ1) is 18.1. The van der Waals surface area contributed by atoms with Gasteiger partial charge in [0.05, 0.1) is 30.2 Å². The predicted molar refractivity (Wildman–Crippen MR) is 108 cm³/mol. The van der Waals surface area contributed by atoms with E-state index < -0.39 is 0 Å². The van der Waals surface area contributed by atoms with Crippen LogP contribution in [-0.4, -0.2) is 24.6 Å². The minimum Gasteiger partial charge on any atom is -0.494 e. The Kier molecular flexibility index (Phi) is 5.68. The van der Waals surface area contributed by atoms with E-state index >= 15 is 0 Å². The van der Waals surface area contributed by atoms with Crippen molar-refractivity contribution in [3.63, 3.8) is 0 Å². The number of allylic oxidation sites excluding steroid dienone is 1. The zero-order chi connectivity index (χ0) is 18.5. The first-order valence-electron chi connectivity index (χ1n) is 8.65. The number of benzene rings is 2. The first-order valence-corrected chi connectivity index (χ1v) is 9.12. The van der Waals surface area contributed by atoms with Gasteiger partial charge in [-0.2, -0.15) is 0 Å². The van der Waals surface area contributed by atoms with Gasteiger partial charge in [-0.1, -0.05) is 24.4 Å². The molecule has 26 heavy (non-hydrogen) atoms. The van der Waals surface area contributed by atoms with E-state index in [1.54, 1.807) is 18.4 Å². The molecule has 0 aliphatic carbocycles. The largest absolute Gasteiger partial charge is 0.494 e. The highest BCUT2D eigenvalue weighted by molar-refractivity contribution is 7.79. The highest BCUT2D eigenvalue weighted by Crippen LogP contribution is 2.35. The van der Waals surface area contributed by atoms with Gasteiger partial charge in [-0.25, -0.2) is 4.79 Å². The molecule has 1 aliphatic rings. The minimum absolute atomic E-state index is 0.325. The second-order valence-corrected chi connectivity index (χ2v) is 6.07. The summed E-state index contributed by atoms with van der Waals surface area (Å²) >= 11 is 5.23. The summed E-state index contributed by atoms with van der Waals surface area (Å²) in [5.41, 5.74) is 5.27. The Balaban J connectivity index is 1.99. The smallest absolute Gasteiger partial charge is 0.340 e. The van der Waals surface area contributed by atoms with E-state index in [0.29, 0.717) is 25.2 Å². The maximum Gasteiger partial charge on any atom is 0.340 e. The highest BCUT2D eigenvalue weighted by atomic mass is 32.1. The van der Waals surface area contributed by atoms with Gasteiger partial charge in [0, 0.05) is 11.8 Å². The van der Waals surface area contributed by atoms with E-state index in [9.17, 15) is 4.79 Å². The van der Waals surface area contributed by atoms with Gasteiger partial charge in [0.25, 0.3) is 0 Å². The highest BCUT2D eigenvalue weighted by Gasteiger charge is 2.23. The summed E-state index contributed by atoms with van der Waals surface area (Å²) in [6.45, 7) is 4.73. The van der Waals surface area contributed by atoms with Crippen LogP contribution in [0.25, 0.3) is 5.70 Å². The van der Waals surface area contributed by atoms with Crippen molar-refractivity contribution in [1.29, 1.82) is 0 Å². The molecule has 0 unspecified atom stereocenters. The van der Waals surface area contributed by atoms with Crippen LogP contribution >= 0.6 is 12.2 Å². The van der Waals surface area contributed by atoms with Crippen LogP contribution in [0.5, 0.6) is 5.75 Å². The summed E-state index contributed by atoms with van der Waals surface area (Å²) < 4.78 is 10.7. The molecule has 0 radical (unpaired) electrons. The molecule has 4 nitrogen and oxygen atoms in total. The molecule has 1 aliphatic heterocycles. The Morgan fingerprint density at radius 3 is 2.58 bits per heavy atom. The van der Waals surface area contributed by atoms with E-state index in [2.05, 4.69) is 5.32 Å². The quantitative estimate of drug-likeness (QED) is 0.595. The van der Waals surface area contributed by atoms with E-state index in [4.69, 9.17) is 21.7 Å². The third-order valence-corrected chi connectivity index (χ3v) is 4.48. The molecule has 2 aromatic rings. The lowest BCUT2D eigenvalue weighted by Crippen LogP contribution is -2.17. The Hall–Kier alpha value is -2.66. The van der Waals surface area contributed by atoms with Gasteiger partial charge < -0.3 is 14.8 Å². The number of esters is 1. The summed E-state index contributed by atoms with van der Waals surface area (Å²) in [5, 5.41) is 5.11. The van der Waals surface area contributed by atoms with Crippen LogP contribution in [0.3, 0.4) is 0 Å². The van der Waals surface area contributed by atoms with Gasteiger partial charge in [-0.05, 0) is 60.9 Å². The van der Waals surface area contributed by atoms with E-state index in [1.165, 1.54) is 0 Å². The number of fused-ring (bicyclic) bond motifs is 1. The SMILES string of the molecule is CCOC(=O)c1cccc2c1NC(c1ccc(OCC)cc1)=C(C=S)C2. The molecule has 5 heteroatoms. The molecular weight excluding hydrogens is 346 g/mol. The monoisotopic (exact) mass is 367 g/mol. The van der Waals surface area contributed by atoms with E-state index in [0.717, 1.165) is 33.8 Å². The summed E-state index contributed by atoms with van der Waals surface area (Å²) in [6, 6.07) is 13.5. The standard InChI is InChI=1S/C21H21NO3S/c1-3-24-17-10-8-14(9-11-17)19-16(13-26)12-15-6-5-7-18(20(15)22-19)21(23)25-4-2/h5-11,13,22H,3-4,12H2,1-2H3. The number of carbonyl (C=O) groups is 1. The minimum atomic E-state index is -0.325. The Morgan fingerprint density at radius 1 is 1.15 bits per heavy atom. The number of para-hydroxylation sites is 1. The van der Waals surface area contributed by atoms with Crippen molar-refractivity contribution in [2.45, 2.75) is 20.3 Å². The van der Waals surface area contributed by atoms with Crippen molar-refractivity contribution < 1.29 is 14.3 Å². The third-order valence-electron chi connectivity index (χ3n) is 4.19. The number of ether oxygens (including phenoxy) is 2. The van der Waals surface area contributed by atoms with Gasteiger partial charge in [-0.3, -0.25) is 0 Å². The van der Waals surface area contributed by atoms with Crippen LogP contribution in [0.4, 0.5) is 5.69 Å². The molecule has 0 saturated heterocycles. The van der Waals surface area contributed by atoms with Gasteiger partial charge in [0.15, 0.2) is 0 Å². The number of hydrogen-bond donors (Lipinski definition) is 1. The Bertz CT molecular complexity index is 856. The van der Waals surface area contributed by atoms with Crippen molar-refractivity contribution in [2.24, 2.45) is 0 Å². The fourth-order valence-electron chi connectivity index (χ4n) is 3.02. The van der Waals surface area contributed by atoms with E-state index in [-0.39, 0.29) is 5.97 Å². The fourth-order valence-corrected chi connectivity index (χ4v) is 3.22. The number of hydrogen-bond acceptors (Lipinski definition) is 5. The number of rotatable bonds is 6. The summed E-state index contributed by atoms with van der Waals surface area (Å²) in [5.74, 6) is 0.498. The molecule has 0 fully saturated rings. The predicted octanol–water partition coefficient (Wildman–Crippen LogP) is 4.64. The van der Waals surface area contributed by atoms with Crippen molar-refractivity contribution in [3.05, 3.63) is 64.7 Å². The Labute approximate surface area is 158 Å². The number of thiocarbonyl (C=S) groups is 1. The number of carbonyl (C=O) groups excluding carboxylic acids is 1. The summed E-state index contributed by atoms with van der Waals surface area (Å²) in [4.78, 5) is 12.3. The molecule has 0 amide bonds. The van der Waals surface area contributed by atoms with Crippen LogP contribution in [0.1, 0.15) is 35.3 Å². The van der Waals surface area contributed by atoms with Crippen molar-refractivity contribution in [1.82, 2.24) is 0 Å². The first-order chi connectivity index (χ1) is 12.7. The fraction of sp³-hybridized carbons (Fsp3) is 0.238. The molecule has 0 atom stereocenters. The topological polar surface area (TPSA) is 47.6 Å². The zero-order valence-electron chi connectivity index (χ0n) is 14.9. The second kappa shape index (κ2) is 8.15. The van der Waals surface area contributed by atoms with Gasteiger partial charge in [0.2, 0.25) is 0 Å². The van der Waals surface area contributed by atoms with Crippen molar-refractivity contribution in [2.75, 3.05) is 18.5 Å². The molecule has 0 saturated carbocycles. The average molecular weight is 367 g/mol. The van der Waals surface area contributed by atoms with Crippen molar-refractivity contribution >= 4 is 34.9 Å². The Morgan fingerprint density at radius 2 is 1.92 bits per heavy atom. The summed E-state index contributed by atoms with van der Waals surface area (Å²) in [7, 11) is 0. The number of nitrogens with one attached hydrogen (secondary N) is 1. The molecule has 134 valence electrons. The van der Waals surface area contributed by atoms with Crippen LogP contribution < -0.4 is 10.1 Å². The molecule has 3 rings (SSSR count). The lowest BCUT2D eigenvalue weighted by molar-refractivity contribution is 0.0527. The van der Waals surface area contributed by atoms with E-state index in [1.807, 2.05) is 43.3 Å². The molecule has 1 heterocycles. The van der Waals surface area contributed by atoms with Gasteiger partial charge in [-0.15, -0.1) is 0 Å².